The summed E-state index contributed by atoms with van der Waals surface area (Å²) in [6, 6.07) is 0. The zero-order chi connectivity index (χ0) is 9.03. The average Bonchev–Trinajstić information content (AvgIpc) is 2.18. The summed E-state index contributed by atoms with van der Waals surface area (Å²) in [5.41, 5.74) is 0.362. The van der Waals surface area contributed by atoms with Crippen LogP contribution in [-0.4, -0.2) is 18.9 Å². The molecule has 0 aliphatic heterocycles. The molecular formula is C9H19O2P. The van der Waals surface area contributed by atoms with Crippen LogP contribution in [0.2, 0.25) is 0 Å². The summed E-state index contributed by atoms with van der Waals surface area (Å²) in [5.74, 6) is 0. The van der Waals surface area contributed by atoms with Crippen LogP contribution in [0.5, 0.6) is 0 Å². The first kappa shape index (κ1) is 10.3. The Labute approximate surface area is 75.1 Å². The maximum Gasteiger partial charge on any atom is 0.205 e. The van der Waals surface area contributed by atoms with Gasteiger partial charge in [0.2, 0.25) is 7.37 Å². The molecule has 2 nitrogen and oxygen atoms in total. The van der Waals surface area contributed by atoms with Gasteiger partial charge in [0.05, 0.1) is 0 Å². The minimum Gasteiger partial charge on any atom is -0.332 e. The van der Waals surface area contributed by atoms with Crippen LogP contribution in [0.4, 0.5) is 0 Å². The van der Waals surface area contributed by atoms with Gasteiger partial charge in [-0.1, -0.05) is 26.2 Å². The van der Waals surface area contributed by atoms with Gasteiger partial charge in [0, 0.05) is 18.9 Å². The molecule has 3 heteroatoms. The van der Waals surface area contributed by atoms with Gasteiger partial charge in [-0.3, -0.25) is 4.57 Å². The van der Waals surface area contributed by atoms with E-state index in [0.29, 0.717) is 11.8 Å². The third kappa shape index (κ3) is 2.11. The smallest absolute Gasteiger partial charge is 0.205 e. The summed E-state index contributed by atoms with van der Waals surface area (Å²) >= 11 is 0. The summed E-state index contributed by atoms with van der Waals surface area (Å²) < 4.78 is 17.3. The van der Waals surface area contributed by atoms with Crippen LogP contribution in [0.3, 0.4) is 0 Å². The third-order valence-corrected chi connectivity index (χ3v) is 6.01. The van der Waals surface area contributed by atoms with E-state index in [1.807, 2.05) is 6.92 Å². The van der Waals surface area contributed by atoms with Crippen molar-refractivity contribution in [2.75, 3.05) is 13.3 Å². The molecule has 0 radical (unpaired) electrons. The molecule has 72 valence electrons. The van der Waals surface area contributed by atoms with Crippen LogP contribution in [-0.2, 0) is 9.09 Å². The molecule has 0 heterocycles. The average molecular weight is 190 g/mol. The Hall–Kier alpha value is 0.190. The van der Waals surface area contributed by atoms with Crippen LogP contribution >= 0.6 is 7.37 Å². The minimum absolute atomic E-state index is 0.362. The summed E-state index contributed by atoms with van der Waals surface area (Å²) in [6.07, 6.45) is 6.70. The molecule has 1 atom stereocenters. The fraction of sp³-hybridized carbons (Fsp3) is 1.00. The molecule has 12 heavy (non-hydrogen) atoms. The van der Waals surface area contributed by atoms with Crippen molar-refractivity contribution in [1.29, 1.82) is 0 Å². The summed E-state index contributed by atoms with van der Waals surface area (Å²) in [5, 5.41) is 0. The lowest BCUT2D eigenvalue weighted by Gasteiger charge is -2.28. The summed E-state index contributed by atoms with van der Waals surface area (Å²) in [4.78, 5) is 0. The predicted octanol–water partition coefficient (Wildman–Crippen LogP) is 3.26. The van der Waals surface area contributed by atoms with E-state index in [1.54, 1.807) is 7.11 Å². The van der Waals surface area contributed by atoms with Crippen molar-refractivity contribution >= 4 is 7.37 Å². The Bertz CT molecular complexity index is 165. The lowest BCUT2D eigenvalue weighted by Crippen LogP contribution is -2.15. The van der Waals surface area contributed by atoms with E-state index in [4.69, 9.17) is 4.52 Å². The van der Waals surface area contributed by atoms with Gasteiger partial charge in [-0.05, 0) is 12.8 Å². The lowest BCUT2D eigenvalue weighted by atomic mass is 10.0. The van der Waals surface area contributed by atoms with Gasteiger partial charge in [0.15, 0.2) is 0 Å². The highest BCUT2D eigenvalue weighted by Crippen LogP contribution is 2.55. The van der Waals surface area contributed by atoms with Gasteiger partial charge in [-0.2, -0.15) is 0 Å². The Balaban J connectivity index is 2.58. The van der Waals surface area contributed by atoms with Crippen molar-refractivity contribution < 1.29 is 9.09 Å². The van der Waals surface area contributed by atoms with E-state index in [1.165, 1.54) is 19.3 Å². The molecule has 0 amide bonds. The zero-order valence-corrected chi connectivity index (χ0v) is 8.98. The molecule has 1 aliphatic carbocycles. The summed E-state index contributed by atoms with van der Waals surface area (Å²) in [6.45, 7) is 1.97. The fourth-order valence-electron chi connectivity index (χ4n) is 2.01. The highest BCUT2D eigenvalue weighted by Gasteiger charge is 2.31. The van der Waals surface area contributed by atoms with Crippen LogP contribution < -0.4 is 0 Å². The first-order valence-electron chi connectivity index (χ1n) is 4.87. The Morgan fingerprint density at radius 3 is 2.33 bits per heavy atom. The minimum atomic E-state index is -2.26. The number of hydrogen-bond acceptors (Lipinski definition) is 2. The highest BCUT2D eigenvalue weighted by molar-refractivity contribution is 7.59. The largest absolute Gasteiger partial charge is 0.332 e. The molecule has 1 saturated carbocycles. The summed E-state index contributed by atoms with van der Waals surface area (Å²) in [7, 11) is -0.660. The van der Waals surface area contributed by atoms with Gasteiger partial charge in [0.1, 0.15) is 0 Å². The standard InChI is InChI=1S/C9H19O2P/c1-3-12(10,11-2)9-7-5-4-6-8-9/h9H,3-8H2,1-2H3. The van der Waals surface area contributed by atoms with Crippen LogP contribution in [0.1, 0.15) is 39.0 Å². The lowest BCUT2D eigenvalue weighted by molar-refractivity contribution is 0.364. The van der Waals surface area contributed by atoms with Gasteiger partial charge in [-0.25, -0.2) is 0 Å². The van der Waals surface area contributed by atoms with Crippen molar-refractivity contribution in [3.8, 4) is 0 Å². The first-order valence-corrected chi connectivity index (χ1v) is 6.75. The molecule has 0 aromatic heterocycles. The van der Waals surface area contributed by atoms with E-state index >= 15 is 0 Å². The second-order valence-electron chi connectivity index (χ2n) is 3.52. The molecule has 0 aromatic carbocycles. The van der Waals surface area contributed by atoms with E-state index in [9.17, 15) is 4.57 Å². The normalized spacial score (nSPS) is 25.2. The second-order valence-corrected chi connectivity index (χ2v) is 6.70. The Kier molecular flexibility index (Phi) is 3.79. The maximum absolute atomic E-state index is 12.1. The quantitative estimate of drug-likeness (QED) is 0.638. The van der Waals surface area contributed by atoms with Gasteiger partial charge in [-0.15, -0.1) is 0 Å². The van der Waals surface area contributed by atoms with Gasteiger partial charge < -0.3 is 4.52 Å². The number of hydrogen-bond donors (Lipinski definition) is 0. The molecule has 1 rings (SSSR count). The molecule has 0 saturated heterocycles. The van der Waals surface area contributed by atoms with E-state index < -0.39 is 7.37 Å². The van der Waals surface area contributed by atoms with Gasteiger partial charge in [0.25, 0.3) is 0 Å². The van der Waals surface area contributed by atoms with Crippen LogP contribution in [0, 0.1) is 0 Å². The highest BCUT2D eigenvalue weighted by atomic mass is 31.2. The fourth-order valence-corrected chi connectivity index (χ4v) is 4.24. The van der Waals surface area contributed by atoms with E-state index in [2.05, 4.69) is 0 Å². The molecule has 1 unspecified atom stereocenters. The zero-order valence-electron chi connectivity index (χ0n) is 8.08. The SMILES string of the molecule is CCP(=O)(OC)C1CCCCC1. The monoisotopic (exact) mass is 190 g/mol. The molecule has 0 bridgehead atoms. The van der Waals surface area contributed by atoms with Crippen LogP contribution in [0.15, 0.2) is 0 Å². The van der Waals surface area contributed by atoms with E-state index in [0.717, 1.165) is 12.8 Å². The van der Waals surface area contributed by atoms with Crippen molar-refractivity contribution in [2.24, 2.45) is 0 Å². The molecular weight excluding hydrogens is 171 g/mol. The van der Waals surface area contributed by atoms with Crippen molar-refractivity contribution in [3.05, 3.63) is 0 Å². The Morgan fingerprint density at radius 2 is 1.92 bits per heavy atom. The Morgan fingerprint density at radius 1 is 1.33 bits per heavy atom. The van der Waals surface area contributed by atoms with Crippen LogP contribution in [0.25, 0.3) is 0 Å². The van der Waals surface area contributed by atoms with Gasteiger partial charge >= 0.3 is 0 Å². The molecule has 0 N–H and O–H groups in total. The first-order chi connectivity index (χ1) is 5.73. The predicted molar refractivity (Wildman–Crippen MR) is 52.0 cm³/mol. The maximum atomic E-state index is 12.1. The third-order valence-electron chi connectivity index (χ3n) is 2.88. The van der Waals surface area contributed by atoms with E-state index in [-0.39, 0.29) is 0 Å². The molecule has 0 spiro atoms. The second kappa shape index (κ2) is 4.43. The number of rotatable bonds is 3. The molecule has 0 aromatic rings. The van der Waals surface area contributed by atoms with Crippen molar-refractivity contribution in [1.82, 2.24) is 0 Å². The topological polar surface area (TPSA) is 26.3 Å². The molecule has 1 fully saturated rings. The van der Waals surface area contributed by atoms with Crippen molar-refractivity contribution in [3.63, 3.8) is 0 Å². The molecule has 1 aliphatic rings. The van der Waals surface area contributed by atoms with Crippen molar-refractivity contribution in [2.45, 2.75) is 44.7 Å².